The highest BCUT2D eigenvalue weighted by Gasteiger charge is 2.17. The van der Waals surface area contributed by atoms with Crippen LogP contribution in [0, 0.1) is 5.82 Å². The summed E-state index contributed by atoms with van der Waals surface area (Å²) >= 11 is 0. The van der Waals surface area contributed by atoms with Gasteiger partial charge in [0.05, 0.1) is 0 Å². The second kappa shape index (κ2) is 6.70. The summed E-state index contributed by atoms with van der Waals surface area (Å²) in [5, 5.41) is 0. The fraction of sp³-hybridized carbons (Fsp3) is 0.533. The molecular formula is C15H21FN2O2. The molecule has 1 aliphatic rings. The number of nitrogens with two attached hydrogens (primary N) is 1. The lowest BCUT2D eigenvalue weighted by atomic mass is 10.1. The average Bonchev–Trinajstić information content (AvgIpc) is 2.45. The highest BCUT2D eigenvalue weighted by molar-refractivity contribution is 5.77. The minimum absolute atomic E-state index is 0.0404. The van der Waals surface area contributed by atoms with Crippen LogP contribution in [0.2, 0.25) is 0 Å². The Balaban J connectivity index is 1.90. The molecule has 2 N–H and O–H groups in total. The van der Waals surface area contributed by atoms with E-state index in [2.05, 4.69) is 0 Å². The number of hydrogen-bond donors (Lipinski definition) is 1. The van der Waals surface area contributed by atoms with Gasteiger partial charge < -0.3 is 15.4 Å². The number of rotatable bonds is 4. The molecule has 0 saturated carbocycles. The van der Waals surface area contributed by atoms with E-state index in [0.29, 0.717) is 11.3 Å². The molecule has 0 unspecified atom stereocenters. The largest absolute Gasteiger partial charge is 0.484 e. The van der Waals surface area contributed by atoms with Crippen LogP contribution in [0.3, 0.4) is 0 Å². The lowest BCUT2D eigenvalue weighted by Gasteiger charge is -2.26. The number of amides is 1. The number of benzene rings is 1. The minimum atomic E-state index is -0.400. The molecule has 1 saturated heterocycles. The van der Waals surface area contributed by atoms with Crippen LogP contribution < -0.4 is 10.5 Å². The van der Waals surface area contributed by atoms with Crippen molar-refractivity contribution in [2.45, 2.75) is 32.2 Å². The van der Waals surface area contributed by atoms with E-state index in [-0.39, 0.29) is 18.6 Å². The van der Waals surface area contributed by atoms with E-state index >= 15 is 0 Å². The van der Waals surface area contributed by atoms with E-state index in [9.17, 15) is 9.18 Å². The molecule has 1 atom stereocenters. The van der Waals surface area contributed by atoms with Crippen molar-refractivity contribution < 1.29 is 13.9 Å². The Hall–Kier alpha value is -1.62. The van der Waals surface area contributed by atoms with Crippen molar-refractivity contribution in [3.8, 4) is 5.75 Å². The molecule has 1 heterocycles. The molecule has 110 valence electrons. The molecule has 0 spiro atoms. The van der Waals surface area contributed by atoms with Gasteiger partial charge in [0.25, 0.3) is 5.91 Å². The van der Waals surface area contributed by atoms with E-state index in [0.717, 1.165) is 25.9 Å². The molecule has 5 heteroatoms. The second-order valence-electron chi connectivity index (χ2n) is 5.20. The molecule has 4 nitrogen and oxygen atoms in total. The number of piperidine rings is 1. The van der Waals surface area contributed by atoms with Gasteiger partial charge in [0.1, 0.15) is 11.6 Å². The zero-order valence-corrected chi connectivity index (χ0v) is 11.8. The molecule has 0 bridgehead atoms. The summed E-state index contributed by atoms with van der Waals surface area (Å²) < 4.78 is 19.1. The highest BCUT2D eigenvalue weighted by Crippen LogP contribution is 2.20. The van der Waals surface area contributed by atoms with Crippen LogP contribution in [-0.4, -0.2) is 30.5 Å². The quantitative estimate of drug-likeness (QED) is 0.920. The van der Waals surface area contributed by atoms with Crippen LogP contribution in [-0.2, 0) is 4.79 Å². The fourth-order valence-electron chi connectivity index (χ4n) is 2.35. The summed E-state index contributed by atoms with van der Waals surface area (Å²) in [4.78, 5) is 13.7. The van der Waals surface area contributed by atoms with Crippen LogP contribution in [0.4, 0.5) is 4.39 Å². The Kier molecular flexibility index (Phi) is 4.95. The van der Waals surface area contributed by atoms with Gasteiger partial charge in [-0.3, -0.25) is 4.79 Å². The van der Waals surface area contributed by atoms with Crippen LogP contribution in [0.1, 0.15) is 37.8 Å². The van der Waals surface area contributed by atoms with Crippen LogP contribution in [0.25, 0.3) is 0 Å². The average molecular weight is 280 g/mol. The van der Waals surface area contributed by atoms with E-state index < -0.39 is 5.82 Å². The van der Waals surface area contributed by atoms with Crippen molar-refractivity contribution >= 4 is 5.91 Å². The van der Waals surface area contributed by atoms with Gasteiger partial charge in [0, 0.05) is 30.8 Å². The fourth-order valence-corrected chi connectivity index (χ4v) is 2.35. The number of carbonyl (C=O) groups excluding carboxylic acids is 1. The maximum absolute atomic E-state index is 13.7. The van der Waals surface area contributed by atoms with Gasteiger partial charge in [-0.15, -0.1) is 0 Å². The van der Waals surface area contributed by atoms with Crippen molar-refractivity contribution in [1.29, 1.82) is 0 Å². The molecule has 0 aliphatic carbocycles. The van der Waals surface area contributed by atoms with Crippen LogP contribution in [0.5, 0.6) is 5.75 Å². The SMILES string of the molecule is C[C@@H](N)c1ccc(OCC(=O)N2CCCCC2)cc1F. The Labute approximate surface area is 118 Å². The Morgan fingerprint density at radius 2 is 2.10 bits per heavy atom. The van der Waals surface area contributed by atoms with Gasteiger partial charge in [0.2, 0.25) is 0 Å². The maximum Gasteiger partial charge on any atom is 0.260 e. The molecule has 1 aliphatic heterocycles. The van der Waals surface area contributed by atoms with Gasteiger partial charge in [0.15, 0.2) is 6.61 Å². The number of ether oxygens (including phenoxy) is 1. The molecule has 2 rings (SSSR count). The van der Waals surface area contributed by atoms with E-state index in [1.54, 1.807) is 24.0 Å². The summed E-state index contributed by atoms with van der Waals surface area (Å²) in [5.74, 6) is -0.0819. The van der Waals surface area contributed by atoms with E-state index in [1.807, 2.05) is 0 Å². The van der Waals surface area contributed by atoms with Gasteiger partial charge in [-0.1, -0.05) is 6.07 Å². The van der Waals surface area contributed by atoms with E-state index in [4.69, 9.17) is 10.5 Å². The summed E-state index contributed by atoms with van der Waals surface area (Å²) in [5.41, 5.74) is 6.09. The Morgan fingerprint density at radius 1 is 1.40 bits per heavy atom. The van der Waals surface area contributed by atoms with Crippen molar-refractivity contribution in [2.75, 3.05) is 19.7 Å². The van der Waals surface area contributed by atoms with Gasteiger partial charge in [-0.25, -0.2) is 4.39 Å². The van der Waals surface area contributed by atoms with Crippen molar-refractivity contribution in [3.05, 3.63) is 29.6 Å². The third kappa shape index (κ3) is 3.70. The first-order valence-corrected chi connectivity index (χ1v) is 7.03. The summed E-state index contributed by atoms with van der Waals surface area (Å²) in [6.45, 7) is 3.26. The normalized spacial score (nSPS) is 16.9. The lowest BCUT2D eigenvalue weighted by Crippen LogP contribution is -2.38. The highest BCUT2D eigenvalue weighted by atomic mass is 19.1. The minimum Gasteiger partial charge on any atom is -0.484 e. The first-order chi connectivity index (χ1) is 9.58. The third-order valence-electron chi connectivity index (χ3n) is 3.53. The van der Waals surface area contributed by atoms with Gasteiger partial charge in [-0.2, -0.15) is 0 Å². The number of halogens is 1. The molecule has 20 heavy (non-hydrogen) atoms. The summed E-state index contributed by atoms with van der Waals surface area (Å²) in [6.07, 6.45) is 3.27. The monoisotopic (exact) mass is 280 g/mol. The lowest BCUT2D eigenvalue weighted by molar-refractivity contribution is -0.134. The maximum atomic E-state index is 13.7. The van der Waals surface area contributed by atoms with Crippen molar-refractivity contribution in [2.24, 2.45) is 5.73 Å². The zero-order chi connectivity index (χ0) is 14.5. The molecule has 1 fully saturated rings. The number of likely N-dealkylation sites (tertiary alicyclic amines) is 1. The number of hydrogen-bond acceptors (Lipinski definition) is 3. The Bertz CT molecular complexity index is 471. The predicted octanol–water partition coefficient (Wildman–Crippen LogP) is 2.24. The second-order valence-corrected chi connectivity index (χ2v) is 5.20. The summed E-state index contributed by atoms with van der Waals surface area (Å²) in [7, 11) is 0. The van der Waals surface area contributed by atoms with Gasteiger partial charge >= 0.3 is 0 Å². The first-order valence-electron chi connectivity index (χ1n) is 7.03. The third-order valence-corrected chi connectivity index (χ3v) is 3.53. The summed E-state index contributed by atoms with van der Waals surface area (Å²) in [6, 6.07) is 4.16. The topological polar surface area (TPSA) is 55.6 Å². The molecular weight excluding hydrogens is 259 g/mol. The smallest absolute Gasteiger partial charge is 0.260 e. The van der Waals surface area contributed by atoms with Crippen molar-refractivity contribution in [3.63, 3.8) is 0 Å². The standard InChI is InChI=1S/C15H21FN2O2/c1-11(17)13-6-5-12(9-14(13)16)20-10-15(19)18-7-3-2-4-8-18/h5-6,9,11H,2-4,7-8,10,17H2,1H3/t11-/m1/s1. The number of carbonyl (C=O) groups is 1. The predicted molar refractivity (Wildman–Crippen MR) is 74.9 cm³/mol. The zero-order valence-electron chi connectivity index (χ0n) is 11.8. The Morgan fingerprint density at radius 3 is 2.70 bits per heavy atom. The van der Waals surface area contributed by atoms with Crippen molar-refractivity contribution in [1.82, 2.24) is 4.90 Å². The molecule has 1 aromatic carbocycles. The molecule has 0 radical (unpaired) electrons. The van der Waals surface area contributed by atoms with Crippen LogP contribution >= 0.6 is 0 Å². The van der Waals surface area contributed by atoms with Gasteiger partial charge in [-0.05, 0) is 32.3 Å². The number of nitrogens with zero attached hydrogens (tertiary/aromatic N) is 1. The molecule has 1 aromatic rings. The van der Waals surface area contributed by atoms with E-state index in [1.165, 1.54) is 12.5 Å². The van der Waals surface area contributed by atoms with Crippen LogP contribution in [0.15, 0.2) is 18.2 Å². The first kappa shape index (κ1) is 14.8. The molecule has 1 amide bonds. The molecule has 0 aromatic heterocycles.